The third-order valence-corrected chi connectivity index (χ3v) is 6.37. The van der Waals surface area contributed by atoms with Gasteiger partial charge in [0.25, 0.3) is 0 Å². The minimum atomic E-state index is -0.622. The lowest BCUT2D eigenvalue weighted by molar-refractivity contribution is 0.100. The molecule has 0 aliphatic heterocycles. The highest BCUT2D eigenvalue weighted by atomic mass is 16.6. The number of hydrogen-bond acceptors (Lipinski definition) is 6. The van der Waals surface area contributed by atoms with Crippen molar-refractivity contribution >= 4 is 16.6 Å². The molecule has 1 atom stereocenters. The molecular weight excluding hydrogens is 466 g/mol. The fourth-order valence-electron chi connectivity index (χ4n) is 4.49. The first-order valence-electron chi connectivity index (χ1n) is 12.0. The highest BCUT2D eigenvalue weighted by molar-refractivity contribution is 6.30. The fourth-order valence-corrected chi connectivity index (χ4v) is 4.49. The van der Waals surface area contributed by atoms with Crippen LogP contribution in [0, 0.1) is 12.3 Å². The van der Waals surface area contributed by atoms with Gasteiger partial charge >= 0.3 is 0 Å². The van der Waals surface area contributed by atoms with Crippen molar-refractivity contribution in [1.82, 2.24) is 9.88 Å². The number of hydrogen-bond donors (Lipinski definition) is 1. The lowest BCUT2D eigenvalue weighted by Crippen LogP contribution is -2.19. The van der Waals surface area contributed by atoms with Gasteiger partial charge in [-0.3, -0.25) is 0 Å². The second-order valence-electron chi connectivity index (χ2n) is 8.99. The Morgan fingerprint density at radius 2 is 1.70 bits per heavy atom. The van der Waals surface area contributed by atoms with Gasteiger partial charge in [0.2, 0.25) is 6.10 Å². The fraction of sp³-hybridized carbons (Fsp3) is 0.233. The maximum Gasteiger partial charge on any atom is 0.212 e. The van der Waals surface area contributed by atoms with Crippen molar-refractivity contribution in [3.63, 3.8) is 0 Å². The van der Waals surface area contributed by atoms with Crippen LogP contribution >= 0.6 is 0 Å². The minimum Gasteiger partial charge on any atom is -0.493 e. The number of nitrogens with zero attached hydrogens (tertiary/aromatic N) is 2. The molecule has 0 radical (unpaired) electrons. The van der Waals surface area contributed by atoms with Crippen LogP contribution in [0.25, 0.3) is 22.2 Å². The summed E-state index contributed by atoms with van der Waals surface area (Å²) >= 11 is 0. The Morgan fingerprint density at radius 3 is 2.38 bits per heavy atom. The molecular formula is C30H29N3O4. The van der Waals surface area contributed by atoms with Gasteiger partial charge in [0.1, 0.15) is 18.1 Å². The van der Waals surface area contributed by atoms with Crippen molar-refractivity contribution in [3.8, 4) is 40.8 Å². The Bertz CT molecular complexity index is 1500. The van der Waals surface area contributed by atoms with Gasteiger partial charge in [0.15, 0.2) is 11.5 Å². The molecule has 5 rings (SSSR count). The highest BCUT2D eigenvalue weighted by Crippen LogP contribution is 2.46. The molecule has 0 saturated heterocycles. The number of rotatable bonds is 9. The number of aromatic amines is 1. The summed E-state index contributed by atoms with van der Waals surface area (Å²) in [7, 11) is 7.28. The molecule has 1 heterocycles. The number of terminal acetylenes is 1. The number of fused-ring (bicyclic) bond motifs is 5. The molecule has 0 spiro atoms. The lowest BCUT2D eigenvalue weighted by atomic mass is 10.1. The summed E-state index contributed by atoms with van der Waals surface area (Å²) in [5, 5.41) is 5.62. The Hall–Kier alpha value is -4.41. The number of oxime groups is 1. The SMILES string of the molecule is C#CC(O/N=C1\c2cc(OC)c(OC)cc2-c2[nH]c3cc(OCCN(C)C)ccc3c21)c1ccccc1. The average Bonchev–Trinajstić information content (AvgIpc) is 3.42. The smallest absolute Gasteiger partial charge is 0.212 e. The van der Waals surface area contributed by atoms with Crippen LogP contribution in [-0.2, 0) is 4.84 Å². The normalized spacial score (nSPS) is 13.8. The van der Waals surface area contributed by atoms with E-state index in [2.05, 4.69) is 21.0 Å². The van der Waals surface area contributed by atoms with E-state index in [9.17, 15) is 0 Å². The van der Waals surface area contributed by atoms with Gasteiger partial charge in [-0.25, -0.2) is 0 Å². The molecule has 0 saturated carbocycles. The number of H-pyrrole nitrogens is 1. The quantitative estimate of drug-likeness (QED) is 0.224. The number of benzene rings is 3. The molecule has 0 bridgehead atoms. The first-order chi connectivity index (χ1) is 18.0. The maximum atomic E-state index is 5.96. The molecule has 7 nitrogen and oxygen atoms in total. The summed E-state index contributed by atoms with van der Waals surface area (Å²) in [6.45, 7) is 1.44. The molecule has 1 N–H and O–H groups in total. The van der Waals surface area contributed by atoms with Crippen molar-refractivity contribution in [2.75, 3.05) is 41.5 Å². The Kier molecular flexibility index (Phi) is 6.76. The summed E-state index contributed by atoms with van der Waals surface area (Å²) in [6.07, 6.45) is 5.18. The van der Waals surface area contributed by atoms with E-state index in [1.54, 1.807) is 14.2 Å². The van der Waals surface area contributed by atoms with Crippen molar-refractivity contribution in [3.05, 3.63) is 77.4 Å². The summed E-state index contributed by atoms with van der Waals surface area (Å²) < 4.78 is 17.1. The number of nitrogens with one attached hydrogen (secondary N) is 1. The minimum absolute atomic E-state index is 0.603. The van der Waals surface area contributed by atoms with Crippen LogP contribution in [0.4, 0.5) is 0 Å². The topological polar surface area (TPSA) is 68.3 Å². The predicted octanol–water partition coefficient (Wildman–Crippen LogP) is 5.25. The van der Waals surface area contributed by atoms with Crippen molar-refractivity contribution in [1.29, 1.82) is 0 Å². The van der Waals surface area contributed by atoms with Crippen LogP contribution in [0.1, 0.15) is 22.8 Å². The lowest BCUT2D eigenvalue weighted by Gasteiger charge is -2.13. The van der Waals surface area contributed by atoms with Gasteiger partial charge in [-0.15, -0.1) is 6.42 Å². The molecule has 1 unspecified atom stereocenters. The van der Waals surface area contributed by atoms with Crippen LogP contribution in [0.5, 0.6) is 17.2 Å². The molecule has 188 valence electrons. The second-order valence-corrected chi connectivity index (χ2v) is 8.99. The number of ether oxygens (including phenoxy) is 3. The van der Waals surface area contributed by atoms with E-state index in [1.807, 2.05) is 74.8 Å². The molecule has 37 heavy (non-hydrogen) atoms. The molecule has 1 aliphatic carbocycles. The Labute approximate surface area is 216 Å². The largest absolute Gasteiger partial charge is 0.493 e. The molecule has 0 amide bonds. The molecule has 7 heteroatoms. The van der Waals surface area contributed by atoms with Crippen LogP contribution < -0.4 is 14.2 Å². The molecule has 3 aromatic carbocycles. The van der Waals surface area contributed by atoms with E-state index in [0.29, 0.717) is 23.8 Å². The number of likely N-dealkylation sites (N-methyl/N-ethyl adjacent to an activating group) is 1. The maximum absolute atomic E-state index is 5.96. The number of methoxy groups -OCH3 is 2. The van der Waals surface area contributed by atoms with Crippen molar-refractivity contribution in [2.45, 2.75) is 6.10 Å². The van der Waals surface area contributed by atoms with Gasteiger partial charge in [0.05, 0.1) is 25.4 Å². The monoisotopic (exact) mass is 495 g/mol. The Morgan fingerprint density at radius 1 is 0.973 bits per heavy atom. The summed E-state index contributed by atoms with van der Waals surface area (Å²) in [4.78, 5) is 11.6. The van der Waals surface area contributed by atoms with Crippen LogP contribution in [0.2, 0.25) is 0 Å². The van der Waals surface area contributed by atoms with Gasteiger partial charge in [0, 0.05) is 40.3 Å². The molecule has 0 fully saturated rings. The molecule has 4 aromatic rings. The third-order valence-electron chi connectivity index (χ3n) is 6.37. The van der Waals surface area contributed by atoms with E-state index in [0.717, 1.165) is 51.1 Å². The average molecular weight is 496 g/mol. The van der Waals surface area contributed by atoms with E-state index in [4.69, 9.17) is 25.5 Å². The third kappa shape index (κ3) is 4.59. The zero-order valence-electron chi connectivity index (χ0n) is 21.4. The zero-order chi connectivity index (χ0) is 25.9. The first kappa shape index (κ1) is 24.3. The number of aromatic nitrogens is 1. The zero-order valence-corrected chi connectivity index (χ0v) is 21.4. The molecule has 1 aromatic heterocycles. The summed E-state index contributed by atoms with van der Waals surface area (Å²) in [5.74, 6) is 4.73. The van der Waals surface area contributed by atoms with E-state index in [-0.39, 0.29) is 0 Å². The van der Waals surface area contributed by atoms with Crippen LogP contribution in [0.3, 0.4) is 0 Å². The van der Waals surface area contributed by atoms with Crippen molar-refractivity contribution in [2.24, 2.45) is 5.16 Å². The van der Waals surface area contributed by atoms with Gasteiger partial charge in [-0.1, -0.05) is 41.4 Å². The van der Waals surface area contributed by atoms with Gasteiger partial charge in [-0.05, 0) is 38.4 Å². The van der Waals surface area contributed by atoms with Crippen molar-refractivity contribution < 1.29 is 19.0 Å². The van der Waals surface area contributed by atoms with Gasteiger partial charge in [-0.2, -0.15) is 0 Å². The van der Waals surface area contributed by atoms with E-state index < -0.39 is 6.10 Å². The van der Waals surface area contributed by atoms with Gasteiger partial charge < -0.3 is 28.9 Å². The van der Waals surface area contributed by atoms with E-state index in [1.165, 1.54) is 0 Å². The first-order valence-corrected chi connectivity index (χ1v) is 12.0. The van der Waals surface area contributed by atoms with Crippen LogP contribution in [-0.4, -0.2) is 57.1 Å². The van der Waals surface area contributed by atoms with Crippen LogP contribution in [0.15, 0.2) is 65.8 Å². The highest BCUT2D eigenvalue weighted by Gasteiger charge is 2.32. The Balaban J connectivity index is 1.60. The summed E-state index contributed by atoms with van der Waals surface area (Å²) in [5.41, 5.74) is 6.15. The predicted molar refractivity (Wildman–Crippen MR) is 146 cm³/mol. The summed E-state index contributed by atoms with van der Waals surface area (Å²) in [6, 6.07) is 19.5. The van der Waals surface area contributed by atoms with E-state index >= 15 is 0 Å². The molecule has 1 aliphatic rings. The second kappa shape index (κ2) is 10.3. The standard InChI is InChI=1S/C30H29N3O4/c1-6-25(19-10-8-7-9-11-19)37-32-30-23-18-27(35-5)26(34-4)17-22(23)29-28(30)21-13-12-20(16-24(21)31-29)36-15-14-33(2)3/h1,7-13,16-18,25,31H,14-15H2,2-5H3/b32-30+.